The molecule has 0 aliphatic heterocycles. The van der Waals surface area contributed by atoms with Gasteiger partial charge in [-0.1, -0.05) is 26.0 Å². The van der Waals surface area contributed by atoms with Crippen molar-refractivity contribution in [2.75, 3.05) is 11.9 Å². The average Bonchev–Trinajstić information content (AvgIpc) is 2.51. The van der Waals surface area contributed by atoms with E-state index >= 15 is 0 Å². The minimum Gasteiger partial charge on any atom is -0.391 e. The smallest absolute Gasteiger partial charge is 0.319 e. The maximum atomic E-state index is 11.9. The van der Waals surface area contributed by atoms with Crippen LogP contribution < -0.4 is 10.6 Å². The molecule has 6 heteroatoms. The Kier molecular flexibility index (Phi) is 8.41. The number of benzene rings is 1. The van der Waals surface area contributed by atoms with Crippen LogP contribution in [-0.2, 0) is 11.3 Å². The van der Waals surface area contributed by atoms with Gasteiger partial charge in [-0.2, -0.15) is 0 Å². The summed E-state index contributed by atoms with van der Waals surface area (Å²) in [6, 6.07) is 7.18. The molecule has 0 saturated carbocycles. The summed E-state index contributed by atoms with van der Waals surface area (Å²) in [4.78, 5) is 25.3. The van der Waals surface area contributed by atoms with E-state index in [1.165, 1.54) is 0 Å². The summed E-state index contributed by atoms with van der Waals surface area (Å²) in [5.41, 5.74) is 1.67. The molecular weight excluding hydrogens is 318 g/mol. The zero-order valence-electron chi connectivity index (χ0n) is 15.9. The molecule has 3 N–H and O–H groups in total. The quantitative estimate of drug-likeness (QED) is 0.675. The van der Waals surface area contributed by atoms with Crippen molar-refractivity contribution in [1.82, 2.24) is 10.2 Å². The van der Waals surface area contributed by atoms with Crippen LogP contribution in [-0.4, -0.2) is 40.6 Å². The van der Waals surface area contributed by atoms with Crippen molar-refractivity contribution in [2.24, 2.45) is 5.92 Å². The molecule has 0 fully saturated rings. The fourth-order valence-electron chi connectivity index (χ4n) is 2.56. The third kappa shape index (κ3) is 8.03. The van der Waals surface area contributed by atoms with E-state index in [1.807, 2.05) is 39.8 Å². The summed E-state index contributed by atoms with van der Waals surface area (Å²) in [6.07, 6.45) is 0.110. The highest BCUT2D eigenvalue weighted by atomic mass is 16.3. The fraction of sp³-hybridized carbons (Fsp3) is 0.579. The summed E-state index contributed by atoms with van der Waals surface area (Å²) in [6.45, 7) is 10.3. The van der Waals surface area contributed by atoms with E-state index in [0.717, 1.165) is 5.56 Å². The number of amides is 3. The van der Waals surface area contributed by atoms with Gasteiger partial charge >= 0.3 is 6.03 Å². The van der Waals surface area contributed by atoms with E-state index in [0.29, 0.717) is 24.6 Å². The maximum absolute atomic E-state index is 11.9. The van der Waals surface area contributed by atoms with E-state index in [1.54, 1.807) is 24.0 Å². The summed E-state index contributed by atoms with van der Waals surface area (Å²) < 4.78 is 0. The molecule has 1 aromatic carbocycles. The Morgan fingerprint density at radius 2 is 1.72 bits per heavy atom. The summed E-state index contributed by atoms with van der Waals surface area (Å²) in [5.74, 6) is 0.421. The first kappa shape index (κ1) is 21.0. The molecule has 0 radical (unpaired) electrons. The zero-order valence-corrected chi connectivity index (χ0v) is 15.9. The Hall–Kier alpha value is -2.08. The predicted molar refractivity (Wildman–Crippen MR) is 100 cm³/mol. The van der Waals surface area contributed by atoms with Crippen LogP contribution in [0.5, 0.6) is 0 Å². The SMILES string of the molecule is CC(=O)N(Cc1ccc(NC(=O)NC[C@H](O)CC(C)C)cc1)C(C)C. The van der Waals surface area contributed by atoms with Gasteiger partial charge in [-0.05, 0) is 43.9 Å². The molecule has 25 heavy (non-hydrogen) atoms. The summed E-state index contributed by atoms with van der Waals surface area (Å²) >= 11 is 0. The maximum Gasteiger partial charge on any atom is 0.319 e. The van der Waals surface area contributed by atoms with Gasteiger partial charge < -0.3 is 20.6 Å². The Labute approximate surface area is 150 Å². The molecule has 0 heterocycles. The summed E-state index contributed by atoms with van der Waals surface area (Å²) in [7, 11) is 0. The lowest BCUT2D eigenvalue weighted by Crippen LogP contribution is -2.35. The first-order chi connectivity index (χ1) is 11.7. The first-order valence-corrected chi connectivity index (χ1v) is 8.78. The normalized spacial score (nSPS) is 12.2. The molecule has 3 amide bonds. The zero-order chi connectivity index (χ0) is 19.0. The van der Waals surface area contributed by atoms with Crippen LogP contribution in [0, 0.1) is 5.92 Å². The van der Waals surface area contributed by atoms with E-state index in [9.17, 15) is 14.7 Å². The number of nitrogens with zero attached hydrogens (tertiary/aromatic N) is 1. The van der Waals surface area contributed by atoms with Gasteiger partial charge in [0, 0.05) is 31.7 Å². The van der Waals surface area contributed by atoms with Crippen LogP contribution in [0.15, 0.2) is 24.3 Å². The largest absolute Gasteiger partial charge is 0.391 e. The monoisotopic (exact) mass is 349 g/mol. The average molecular weight is 349 g/mol. The topological polar surface area (TPSA) is 81.7 Å². The van der Waals surface area contributed by atoms with E-state index < -0.39 is 6.10 Å². The number of aliphatic hydroxyl groups is 1. The number of nitrogens with one attached hydrogen (secondary N) is 2. The third-order valence-corrected chi connectivity index (χ3v) is 3.83. The van der Waals surface area contributed by atoms with Crippen molar-refractivity contribution in [3.63, 3.8) is 0 Å². The summed E-state index contributed by atoms with van der Waals surface area (Å²) in [5, 5.41) is 15.2. The van der Waals surface area contributed by atoms with Gasteiger partial charge in [0.15, 0.2) is 0 Å². The Morgan fingerprint density at radius 1 is 1.12 bits per heavy atom. The lowest BCUT2D eigenvalue weighted by molar-refractivity contribution is -0.131. The molecule has 0 aliphatic carbocycles. The van der Waals surface area contributed by atoms with Gasteiger partial charge in [0.2, 0.25) is 5.91 Å². The standard InChI is InChI=1S/C19H31N3O3/c1-13(2)10-18(24)11-20-19(25)21-17-8-6-16(7-9-17)12-22(14(3)4)15(5)23/h6-9,13-14,18,24H,10-12H2,1-5H3,(H2,20,21,25)/t18-/m1/s1. The lowest BCUT2D eigenvalue weighted by atomic mass is 10.1. The number of rotatable bonds is 8. The highest BCUT2D eigenvalue weighted by molar-refractivity contribution is 5.89. The van der Waals surface area contributed by atoms with Gasteiger partial charge in [-0.25, -0.2) is 4.79 Å². The number of hydrogen-bond acceptors (Lipinski definition) is 3. The first-order valence-electron chi connectivity index (χ1n) is 8.78. The van der Waals surface area contributed by atoms with Gasteiger partial charge in [-0.15, -0.1) is 0 Å². The molecule has 0 spiro atoms. The second-order valence-corrected chi connectivity index (χ2v) is 7.06. The van der Waals surface area contributed by atoms with E-state index in [4.69, 9.17) is 0 Å². The molecule has 0 aliphatic rings. The molecule has 1 atom stereocenters. The Bertz CT molecular complexity index is 556. The molecule has 0 aromatic heterocycles. The number of carbonyl (C=O) groups is 2. The van der Waals surface area contributed by atoms with Crippen molar-refractivity contribution in [2.45, 2.75) is 59.7 Å². The van der Waals surface area contributed by atoms with Crippen molar-refractivity contribution in [3.05, 3.63) is 29.8 Å². The van der Waals surface area contributed by atoms with E-state index in [-0.39, 0.29) is 24.5 Å². The highest BCUT2D eigenvalue weighted by Crippen LogP contribution is 2.13. The highest BCUT2D eigenvalue weighted by Gasteiger charge is 2.13. The second kappa shape index (κ2) is 10.0. The Morgan fingerprint density at radius 3 is 2.20 bits per heavy atom. The molecule has 6 nitrogen and oxygen atoms in total. The number of urea groups is 1. The minimum absolute atomic E-state index is 0.0385. The van der Waals surface area contributed by atoms with Gasteiger partial charge in [0.05, 0.1) is 6.10 Å². The molecule has 1 aromatic rings. The van der Waals surface area contributed by atoms with Crippen molar-refractivity contribution in [1.29, 1.82) is 0 Å². The van der Waals surface area contributed by atoms with E-state index in [2.05, 4.69) is 10.6 Å². The number of anilines is 1. The van der Waals surface area contributed by atoms with Crippen LogP contribution in [0.4, 0.5) is 10.5 Å². The van der Waals surface area contributed by atoms with Crippen LogP contribution in [0.3, 0.4) is 0 Å². The van der Waals surface area contributed by atoms with Crippen LogP contribution in [0.2, 0.25) is 0 Å². The lowest BCUT2D eigenvalue weighted by Gasteiger charge is -2.25. The molecule has 140 valence electrons. The number of aliphatic hydroxyl groups excluding tert-OH is 1. The number of hydrogen-bond donors (Lipinski definition) is 3. The van der Waals surface area contributed by atoms with Crippen LogP contribution in [0.1, 0.15) is 46.6 Å². The fourth-order valence-corrected chi connectivity index (χ4v) is 2.56. The molecule has 0 bridgehead atoms. The Balaban J connectivity index is 2.51. The second-order valence-electron chi connectivity index (χ2n) is 7.06. The number of carbonyl (C=O) groups excluding carboxylic acids is 2. The molecule has 0 saturated heterocycles. The van der Waals surface area contributed by atoms with Crippen molar-refractivity contribution >= 4 is 17.6 Å². The van der Waals surface area contributed by atoms with Crippen LogP contribution in [0.25, 0.3) is 0 Å². The van der Waals surface area contributed by atoms with Crippen molar-refractivity contribution in [3.8, 4) is 0 Å². The van der Waals surface area contributed by atoms with Crippen LogP contribution >= 0.6 is 0 Å². The van der Waals surface area contributed by atoms with Crippen molar-refractivity contribution < 1.29 is 14.7 Å². The predicted octanol–water partition coefficient (Wildman–Crippen LogP) is 2.97. The van der Waals surface area contributed by atoms with Gasteiger partial charge in [0.1, 0.15) is 0 Å². The third-order valence-electron chi connectivity index (χ3n) is 3.83. The van der Waals surface area contributed by atoms with Gasteiger partial charge in [-0.3, -0.25) is 4.79 Å². The van der Waals surface area contributed by atoms with Gasteiger partial charge in [0.25, 0.3) is 0 Å². The molecular formula is C19H31N3O3. The minimum atomic E-state index is -0.540. The molecule has 1 rings (SSSR count). The molecule has 0 unspecified atom stereocenters.